The van der Waals surface area contributed by atoms with Gasteiger partial charge in [0.15, 0.2) is 11.5 Å². The van der Waals surface area contributed by atoms with Crippen LogP contribution < -0.4 is 14.8 Å². The number of para-hydroxylation sites is 2. The molecular formula is C16H17NO3. The van der Waals surface area contributed by atoms with Gasteiger partial charge >= 0.3 is 0 Å². The minimum absolute atomic E-state index is 0.298. The van der Waals surface area contributed by atoms with E-state index in [2.05, 4.69) is 17.4 Å². The van der Waals surface area contributed by atoms with Crippen LogP contribution in [-0.4, -0.2) is 13.9 Å². The highest BCUT2D eigenvalue weighted by Gasteiger charge is 2.16. The van der Waals surface area contributed by atoms with Crippen LogP contribution in [0.1, 0.15) is 11.1 Å². The summed E-state index contributed by atoms with van der Waals surface area (Å²) in [7, 11) is 1.70. The van der Waals surface area contributed by atoms with Crippen LogP contribution in [0.25, 0.3) is 0 Å². The summed E-state index contributed by atoms with van der Waals surface area (Å²) >= 11 is 0. The van der Waals surface area contributed by atoms with Crippen molar-refractivity contribution in [2.45, 2.75) is 13.2 Å². The maximum atomic E-state index is 5.51. The van der Waals surface area contributed by atoms with Gasteiger partial charge in [-0.3, -0.25) is 0 Å². The molecule has 4 heteroatoms. The molecule has 104 valence electrons. The molecule has 0 atom stereocenters. The summed E-state index contributed by atoms with van der Waals surface area (Å²) in [5.74, 6) is 1.65. The molecule has 0 saturated heterocycles. The van der Waals surface area contributed by atoms with Crippen molar-refractivity contribution in [2.75, 3.05) is 19.2 Å². The summed E-state index contributed by atoms with van der Waals surface area (Å²) in [6, 6.07) is 14.1. The number of methoxy groups -OCH3 is 1. The summed E-state index contributed by atoms with van der Waals surface area (Å²) in [6.07, 6.45) is 0. The second-order valence-electron chi connectivity index (χ2n) is 4.59. The van der Waals surface area contributed by atoms with Crippen LogP contribution in [0.15, 0.2) is 42.5 Å². The van der Waals surface area contributed by atoms with Crippen LogP contribution in [0.2, 0.25) is 0 Å². The molecule has 2 aromatic rings. The first-order valence-electron chi connectivity index (χ1n) is 6.56. The Balaban J connectivity index is 1.76. The Morgan fingerprint density at radius 2 is 1.90 bits per heavy atom. The lowest BCUT2D eigenvalue weighted by Gasteiger charge is -2.12. The van der Waals surface area contributed by atoms with Gasteiger partial charge in [0, 0.05) is 30.5 Å². The van der Waals surface area contributed by atoms with Crippen molar-refractivity contribution in [3.63, 3.8) is 0 Å². The molecule has 4 nitrogen and oxygen atoms in total. The SMILES string of the molecule is COCc1ccccc1NCc1cccc2c1OCO2. The van der Waals surface area contributed by atoms with Crippen LogP contribution in [0.5, 0.6) is 11.5 Å². The summed E-state index contributed by atoms with van der Waals surface area (Å²) in [4.78, 5) is 0. The van der Waals surface area contributed by atoms with E-state index in [0.717, 1.165) is 28.3 Å². The predicted molar refractivity (Wildman–Crippen MR) is 77.0 cm³/mol. The second kappa shape index (κ2) is 5.84. The number of rotatable bonds is 5. The zero-order valence-electron chi connectivity index (χ0n) is 11.4. The fourth-order valence-electron chi connectivity index (χ4n) is 2.29. The van der Waals surface area contributed by atoms with Gasteiger partial charge < -0.3 is 19.5 Å². The standard InChI is InChI=1S/C16H17NO3/c1-18-10-13-5-2-3-7-14(13)17-9-12-6-4-8-15-16(12)20-11-19-15/h2-8,17H,9-11H2,1H3. The van der Waals surface area contributed by atoms with Gasteiger partial charge in [0.2, 0.25) is 6.79 Å². The van der Waals surface area contributed by atoms with Crippen LogP contribution in [0.3, 0.4) is 0 Å². The predicted octanol–water partition coefficient (Wildman–Crippen LogP) is 3.17. The first-order valence-corrected chi connectivity index (χ1v) is 6.56. The molecule has 1 N–H and O–H groups in total. The van der Waals surface area contributed by atoms with Gasteiger partial charge in [-0.2, -0.15) is 0 Å². The largest absolute Gasteiger partial charge is 0.454 e. The summed E-state index contributed by atoms with van der Waals surface area (Å²) in [5.41, 5.74) is 3.30. The quantitative estimate of drug-likeness (QED) is 0.906. The average Bonchev–Trinajstić information content (AvgIpc) is 2.96. The fraction of sp³-hybridized carbons (Fsp3) is 0.250. The highest BCUT2D eigenvalue weighted by Crippen LogP contribution is 2.35. The number of hydrogen-bond acceptors (Lipinski definition) is 4. The van der Waals surface area contributed by atoms with Crippen molar-refractivity contribution < 1.29 is 14.2 Å². The van der Waals surface area contributed by atoms with Crippen LogP contribution in [0, 0.1) is 0 Å². The molecule has 0 radical (unpaired) electrons. The van der Waals surface area contributed by atoms with E-state index in [4.69, 9.17) is 14.2 Å². The van der Waals surface area contributed by atoms with Crippen molar-refractivity contribution in [3.8, 4) is 11.5 Å². The molecule has 0 aromatic heterocycles. The maximum absolute atomic E-state index is 5.51. The number of fused-ring (bicyclic) bond motifs is 1. The van der Waals surface area contributed by atoms with Crippen LogP contribution in [0.4, 0.5) is 5.69 Å². The lowest BCUT2D eigenvalue weighted by molar-refractivity contribution is 0.173. The minimum Gasteiger partial charge on any atom is -0.454 e. The van der Waals surface area contributed by atoms with E-state index in [9.17, 15) is 0 Å². The van der Waals surface area contributed by atoms with E-state index in [-0.39, 0.29) is 0 Å². The van der Waals surface area contributed by atoms with Gasteiger partial charge in [-0.15, -0.1) is 0 Å². The number of hydrogen-bond donors (Lipinski definition) is 1. The molecular weight excluding hydrogens is 254 g/mol. The van der Waals surface area contributed by atoms with Gasteiger partial charge in [0.05, 0.1) is 6.61 Å². The number of ether oxygens (including phenoxy) is 3. The van der Waals surface area contributed by atoms with Crippen molar-refractivity contribution in [3.05, 3.63) is 53.6 Å². The van der Waals surface area contributed by atoms with Crippen molar-refractivity contribution in [1.29, 1.82) is 0 Å². The molecule has 0 amide bonds. The Bertz CT molecular complexity index is 598. The molecule has 0 aliphatic carbocycles. The first kappa shape index (κ1) is 12.8. The van der Waals surface area contributed by atoms with Crippen LogP contribution in [-0.2, 0) is 17.9 Å². The average molecular weight is 271 g/mol. The van der Waals surface area contributed by atoms with Gasteiger partial charge in [0.25, 0.3) is 0 Å². The first-order chi connectivity index (χ1) is 9.88. The molecule has 3 rings (SSSR count). The Kier molecular flexibility index (Phi) is 3.74. The summed E-state index contributed by atoms with van der Waals surface area (Å²) in [6.45, 7) is 1.58. The normalized spacial score (nSPS) is 12.4. The molecule has 0 bridgehead atoms. The molecule has 0 unspecified atom stereocenters. The van der Waals surface area contributed by atoms with Crippen molar-refractivity contribution >= 4 is 5.69 Å². The number of nitrogens with one attached hydrogen (secondary N) is 1. The highest BCUT2D eigenvalue weighted by molar-refractivity contribution is 5.54. The zero-order valence-corrected chi connectivity index (χ0v) is 11.4. The Hall–Kier alpha value is -2.20. The minimum atomic E-state index is 0.298. The van der Waals surface area contributed by atoms with E-state index in [0.29, 0.717) is 19.9 Å². The van der Waals surface area contributed by atoms with Crippen molar-refractivity contribution in [1.82, 2.24) is 0 Å². The lowest BCUT2D eigenvalue weighted by atomic mass is 10.1. The van der Waals surface area contributed by atoms with Gasteiger partial charge in [-0.1, -0.05) is 30.3 Å². The summed E-state index contributed by atoms with van der Waals surface area (Å²) in [5, 5.41) is 3.43. The third kappa shape index (κ3) is 2.56. The fourth-order valence-corrected chi connectivity index (χ4v) is 2.29. The molecule has 0 spiro atoms. The topological polar surface area (TPSA) is 39.7 Å². The molecule has 1 aliphatic heterocycles. The molecule has 0 fully saturated rings. The van der Waals surface area contributed by atoms with E-state index >= 15 is 0 Å². The maximum Gasteiger partial charge on any atom is 0.231 e. The van der Waals surface area contributed by atoms with E-state index < -0.39 is 0 Å². The molecule has 0 saturated carbocycles. The van der Waals surface area contributed by atoms with Gasteiger partial charge in [0.1, 0.15) is 0 Å². The Labute approximate surface area is 118 Å². The Morgan fingerprint density at radius 3 is 2.80 bits per heavy atom. The van der Waals surface area contributed by atoms with Crippen LogP contribution >= 0.6 is 0 Å². The monoisotopic (exact) mass is 271 g/mol. The van der Waals surface area contributed by atoms with E-state index in [1.165, 1.54) is 0 Å². The molecule has 20 heavy (non-hydrogen) atoms. The molecule has 2 aromatic carbocycles. The Morgan fingerprint density at radius 1 is 1.05 bits per heavy atom. The highest BCUT2D eigenvalue weighted by atomic mass is 16.7. The smallest absolute Gasteiger partial charge is 0.231 e. The van der Waals surface area contributed by atoms with E-state index in [1.54, 1.807) is 7.11 Å². The van der Waals surface area contributed by atoms with Gasteiger partial charge in [-0.25, -0.2) is 0 Å². The third-order valence-electron chi connectivity index (χ3n) is 3.26. The van der Waals surface area contributed by atoms with Gasteiger partial charge in [-0.05, 0) is 12.1 Å². The van der Waals surface area contributed by atoms with Crippen molar-refractivity contribution in [2.24, 2.45) is 0 Å². The molecule has 1 heterocycles. The second-order valence-corrected chi connectivity index (χ2v) is 4.59. The molecule has 1 aliphatic rings. The number of anilines is 1. The lowest BCUT2D eigenvalue weighted by Crippen LogP contribution is -2.04. The number of benzene rings is 2. The summed E-state index contributed by atoms with van der Waals surface area (Å²) < 4.78 is 16.1. The van der Waals surface area contributed by atoms with E-state index in [1.807, 2.05) is 30.3 Å². The zero-order chi connectivity index (χ0) is 13.8. The third-order valence-corrected chi connectivity index (χ3v) is 3.26.